The fourth-order valence-electron chi connectivity index (χ4n) is 0.993. The van der Waals surface area contributed by atoms with E-state index in [2.05, 4.69) is 32.8 Å². The van der Waals surface area contributed by atoms with Crippen LogP contribution in [0.3, 0.4) is 0 Å². The number of hydrogen-bond acceptors (Lipinski definition) is 3. The first-order valence-electron chi connectivity index (χ1n) is 4.06. The Morgan fingerprint density at radius 3 is 2.79 bits per heavy atom. The van der Waals surface area contributed by atoms with Crippen LogP contribution >= 0.6 is 22.6 Å². The molecular formula is C10H7IN2O. The maximum absolute atomic E-state index is 5.48. The number of aromatic nitrogens is 2. The van der Waals surface area contributed by atoms with Gasteiger partial charge >= 0.3 is 0 Å². The zero-order valence-electron chi connectivity index (χ0n) is 7.22. The molecule has 4 heteroatoms. The van der Waals surface area contributed by atoms with E-state index in [0.717, 1.165) is 9.32 Å². The van der Waals surface area contributed by atoms with E-state index in [1.807, 2.05) is 24.3 Å². The average Bonchev–Trinajstić information content (AvgIpc) is 2.19. The second kappa shape index (κ2) is 4.36. The Hall–Kier alpha value is -1.17. The molecule has 70 valence electrons. The van der Waals surface area contributed by atoms with Gasteiger partial charge in [-0.05, 0) is 46.9 Å². The normalized spacial score (nSPS) is 9.79. The van der Waals surface area contributed by atoms with Crippen molar-refractivity contribution in [1.29, 1.82) is 0 Å². The quantitative estimate of drug-likeness (QED) is 0.800. The van der Waals surface area contributed by atoms with Crippen molar-refractivity contribution < 1.29 is 4.74 Å². The molecule has 1 aromatic heterocycles. The number of benzene rings is 1. The summed E-state index contributed by atoms with van der Waals surface area (Å²) in [5.74, 6) is 1.28. The number of nitrogens with zero attached hydrogens (tertiary/aromatic N) is 2. The third-order valence-corrected chi connectivity index (χ3v) is 2.24. The Labute approximate surface area is 95.3 Å². The number of hydrogen-bond donors (Lipinski definition) is 0. The summed E-state index contributed by atoms with van der Waals surface area (Å²) in [6.07, 6.45) is 1.61. The molecule has 1 heterocycles. The summed E-state index contributed by atoms with van der Waals surface area (Å²) in [6.45, 7) is 0. The van der Waals surface area contributed by atoms with Crippen LogP contribution in [-0.2, 0) is 0 Å². The van der Waals surface area contributed by atoms with Gasteiger partial charge in [-0.15, -0.1) is 5.10 Å². The van der Waals surface area contributed by atoms with Gasteiger partial charge in [0.2, 0.25) is 5.88 Å². The van der Waals surface area contributed by atoms with Crippen LogP contribution in [0.5, 0.6) is 11.6 Å². The van der Waals surface area contributed by atoms with Gasteiger partial charge in [0.15, 0.2) is 0 Å². The van der Waals surface area contributed by atoms with E-state index in [-0.39, 0.29) is 0 Å². The van der Waals surface area contributed by atoms with Gasteiger partial charge in [-0.3, -0.25) is 0 Å². The molecule has 0 fully saturated rings. The number of rotatable bonds is 2. The number of ether oxygens (including phenoxy) is 1. The van der Waals surface area contributed by atoms with Gasteiger partial charge in [0.05, 0.1) is 0 Å². The van der Waals surface area contributed by atoms with E-state index in [1.54, 1.807) is 18.3 Å². The minimum atomic E-state index is 0.509. The highest BCUT2D eigenvalue weighted by atomic mass is 127. The molecule has 14 heavy (non-hydrogen) atoms. The lowest BCUT2D eigenvalue weighted by atomic mass is 10.3. The van der Waals surface area contributed by atoms with Crippen molar-refractivity contribution in [2.45, 2.75) is 0 Å². The molecule has 2 aromatic rings. The lowest BCUT2D eigenvalue weighted by molar-refractivity contribution is 0.455. The third kappa shape index (κ3) is 2.41. The first kappa shape index (κ1) is 9.39. The molecule has 2 rings (SSSR count). The second-order valence-electron chi connectivity index (χ2n) is 2.62. The molecule has 0 saturated carbocycles. The van der Waals surface area contributed by atoms with Crippen molar-refractivity contribution in [3.05, 3.63) is 46.2 Å². The highest BCUT2D eigenvalue weighted by molar-refractivity contribution is 14.1. The predicted octanol–water partition coefficient (Wildman–Crippen LogP) is 2.87. The maximum atomic E-state index is 5.48. The van der Waals surface area contributed by atoms with E-state index in [1.165, 1.54) is 0 Å². The van der Waals surface area contributed by atoms with Gasteiger partial charge in [0, 0.05) is 15.8 Å². The molecule has 0 radical (unpaired) electrons. The van der Waals surface area contributed by atoms with E-state index in [9.17, 15) is 0 Å². The molecule has 0 bridgehead atoms. The molecule has 0 unspecified atom stereocenters. The first-order chi connectivity index (χ1) is 6.84. The van der Waals surface area contributed by atoms with Crippen molar-refractivity contribution in [2.24, 2.45) is 0 Å². The summed E-state index contributed by atoms with van der Waals surface area (Å²) in [6, 6.07) is 11.3. The van der Waals surface area contributed by atoms with E-state index in [4.69, 9.17) is 4.74 Å². The Balaban J connectivity index is 2.19. The Kier molecular flexibility index (Phi) is 2.93. The van der Waals surface area contributed by atoms with E-state index in [0.29, 0.717) is 5.88 Å². The maximum Gasteiger partial charge on any atom is 0.238 e. The van der Waals surface area contributed by atoms with Gasteiger partial charge in [0.1, 0.15) is 5.75 Å². The van der Waals surface area contributed by atoms with E-state index >= 15 is 0 Å². The third-order valence-electron chi connectivity index (χ3n) is 1.57. The summed E-state index contributed by atoms with van der Waals surface area (Å²) in [4.78, 5) is 0. The van der Waals surface area contributed by atoms with Crippen LogP contribution in [0.1, 0.15) is 0 Å². The Bertz CT molecular complexity index is 419. The fraction of sp³-hybridized carbons (Fsp3) is 0. The standard InChI is InChI=1S/C10H7IN2O/c11-8-3-1-4-9(7-8)14-10-5-2-6-12-13-10/h1-7H. The zero-order valence-corrected chi connectivity index (χ0v) is 9.38. The molecule has 0 aliphatic rings. The highest BCUT2D eigenvalue weighted by Gasteiger charge is 1.97. The summed E-state index contributed by atoms with van der Waals surface area (Å²) in [7, 11) is 0. The molecule has 3 nitrogen and oxygen atoms in total. The van der Waals surface area contributed by atoms with Crippen LogP contribution < -0.4 is 4.74 Å². The zero-order chi connectivity index (χ0) is 9.80. The van der Waals surface area contributed by atoms with Crippen LogP contribution in [0.25, 0.3) is 0 Å². The molecule has 0 atom stereocenters. The van der Waals surface area contributed by atoms with Crippen LogP contribution in [0, 0.1) is 3.57 Å². The summed E-state index contributed by atoms with van der Waals surface area (Å²) in [5, 5.41) is 7.56. The van der Waals surface area contributed by atoms with Crippen molar-refractivity contribution in [1.82, 2.24) is 10.2 Å². The summed E-state index contributed by atoms with van der Waals surface area (Å²) >= 11 is 2.23. The van der Waals surface area contributed by atoms with Crippen LogP contribution in [-0.4, -0.2) is 10.2 Å². The minimum Gasteiger partial charge on any atom is -0.437 e. The molecule has 1 aromatic carbocycles. The minimum absolute atomic E-state index is 0.509. The number of halogens is 1. The van der Waals surface area contributed by atoms with Crippen molar-refractivity contribution in [2.75, 3.05) is 0 Å². The molecule has 0 aliphatic carbocycles. The fourth-order valence-corrected chi connectivity index (χ4v) is 1.51. The van der Waals surface area contributed by atoms with Crippen molar-refractivity contribution in [3.8, 4) is 11.6 Å². The SMILES string of the molecule is Ic1cccc(Oc2cccnn2)c1. The molecule has 0 spiro atoms. The molecule has 0 N–H and O–H groups in total. The van der Waals surface area contributed by atoms with Crippen LogP contribution in [0.2, 0.25) is 0 Å². The Morgan fingerprint density at radius 2 is 2.07 bits per heavy atom. The molecule has 0 aliphatic heterocycles. The van der Waals surface area contributed by atoms with E-state index < -0.39 is 0 Å². The average molecular weight is 298 g/mol. The summed E-state index contributed by atoms with van der Waals surface area (Å²) in [5.41, 5.74) is 0. The second-order valence-corrected chi connectivity index (χ2v) is 3.87. The van der Waals surface area contributed by atoms with Gasteiger partial charge in [-0.25, -0.2) is 0 Å². The molecule has 0 saturated heterocycles. The first-order valence-corrected chi connectivity index (χ1v) is 5.13. The predicted molar refractivity (Wildman–Crippen MR) is 61.3 cm³/mol. The Morgan fingerprint density at radius 1 is 1.14 bits per heavy atom. The smallest absolute Gasteiger partial charge is 0.238 e. The lowest BCUT2D eigenvalue weighted by Gasteiger charge is -2.02. The summed E-state index contributed by atoms with van der Waals surface area (Å²) < 4.78 is 6.61. The van der Waals surface area contributed by atoms with Gasteiger partial charge in [-0.1, -0.05) is 6.07 Å². The van der Waals surface area contributed by atoms with Gasteiger partial charge < -0.3 is 4.74 Å². The van der Waals surface area contributed by atoms with Gasteiger partial charge in [-0.2, -0.15) is 5.10 Å². The molecular weight excluding hydrogens is 291 g/mol. The van der Waals surface area contributed by atoms with Crippen molar-refractivity contribution >= 4 is 22.6 Å². The lowest BCUT2D eigenvalue weighted by Crippen LogP contribution is -1.88. The highest BCUT2D eigenvalue weighted by Crippen LogP contribution is 2.20. The van der Waals surface area contributed by atoms with Crippen molar-refractivity contribution in [3.63, 3.8) is 0 Å². The van der Waals surface area contributed by atoms with Crippen LogP contribution in [0.15, 0.2) is 42.6 Å². The monoisotopic (exact) mass is 298 g/mol. The van der Waals surface area contributed by atoms with Gasteiger partial charge in [0.25, 0.3) is 0 Å². The van der Waals surface area contributed by atoms with Crippen LogP contribution in [0.4, 0.5) is 0 Å². The largest absolute Gasteiger partial charge is 0.437 e. The molecule has 0 amide bonds. The topological polar surface area (TPSA) is 35.0 Å².